The van der Waals surface area contributed by atoms with Crippen LogP contribution in [0, 0.1) is 22.7 Å². The van der Waals surface area contributed by atoms with Gasteiger partial charge in [0, 0.05) is 5.92 Å². The predicted molar refractivity (Wildman–Crippen MR) is 111 cm³/mol. The van der Waals surface area contributed by atoms with Crippen LogP contribution < -0.4 is 0 Å². The molecule has 2 aliphatic carbocycles. The van der Waals surface area contributed by atoms with Gasteiger partial charge in [0.25, 0.3) is 0 Å². The molecule has 2 unspecified atom stereocenters. The van der Waals surface area contributed by atoms with Gasteiger partial charge in [0.1, 0.15) is 0 Å². The fourth-order valence-corrected chi connectivity index (χ4v) is 4.58. The van der Waals surface area contributed by atoms with E-state index >= 15 is 0 Å². The minimum absolute atomic E-state index is 0.0520. The van der Waals surface area contributed by atoms with Gasteiger partial charge in [0.05, 0.1) is 12.0 Å². The third-order valence-corrected chi connectivity index (χ3v) is 6.29. The molecule has 27 heavy (non-hydrogen) atoms. The van der Waals surface area contributed by atoms with Crippen LogP contribution in [0.25, 0.3) is 0 Å². The summed E-state index contributed by atoms with van der Waals surface area (Å²) in [4.78, 5) is 13.3. The highest BCUT2D eigenvalue weighted by Gasteiger charge is 2.39. The third-order valence-electron chi connectivity index (χ3n) is 6.29. The Bertz CT molecular complexity index is 445. The van der Waals surface area contributed by atoms with Crippen molar-refractivity contribution >= 4 is 5.97 Å². The maximum Gasteiger partial charge on any atom is 0.311 e. The minimum Gasteiger partial charge on any atom is -0.435 e. The molecule has 0 saturated heterocycles. The second-order valence-corrected chi connectivity index (χ2v) is 11.3. The Balaban J connectivity index is 2.09. The number of ether oxygens (including phenoxy) is 2. The number of esters is 1. The van der Waals surface area contributed by atoms with Gasteiger partial charge >= 0.3 is 5.97 Å². The van der Waals surface area contributed by atoms with Crippen molar-refractivity contribution in [3.8, 4) is 0 Å². The molecule has 0 aliphatic heterocycles. The molecule has 0 spiro atoms. The largest absolute Gasteiger partial charge is 0.435 e. The van der Waals surface area contributed by atoms with E-state index in [1.165, 1.54) is 38.5 Å². The molecule has 0 N–H and O–H groups in total. The van der Waals surface area contributed by atoms with Crippen molar-refractivity contribution in [2.24, 2.45) is 22.7 Å². The summed E-state index contributed by atoms with van der Waals surface area (Å²) in [6.07, 6.45) is 12.8. The molecule has 3 nitrogen and oxygen atoms in total. The molecule has 0 aromatic heterocycles. The van der Waals surface area contributed by atoms with E-state index in [-0.39, 0.29) is 35.1 Å². The smallest absolute Gasteiger partial charge is 0.311 e. The lowest BCUT2D eigenvalue weighted by atomic mass is 9.72. The molecule has 2 aliphatic rings. The molecule has 3 heteroatoms. The van der Waals surface area contributed by atoms with E-state index in [9.17, 15) is 4.79 Å². The monoisotopic (exact) mass is 380 g/mol. The Morgan fingerprint density at radius 2 is 1.37 bits per heavy atom. The highest BCUT2D eigenvalue weighted by molar-refractivity contribution is 5.73. The summed E-state index contributed by atoms with van der Waals surface area (Å²) >= 11 is 0. The summed E-state index contributed by atoms with van der Waals surface area (Å²) < 4.78 is 12.6. The zero-order chi connectivity index (χ0) is 20.1. The third kappa shape index (κ3) is 7.75. The molecule has 0 amide bonds. The zero-order valence-electron chi connectivity index (χ0n) is 18.8. The van der Waals surface area contributed by atoms with Crippen molar-refractivity contribution in [2.45, 2.75) is 125 Å². The van der Waals surface area contributed by atoms with Gasteiger partial charge in [0.15, 0.2) is 0 Å². The second kappa shape index (κ2) is 9.76. The van der Waals surface area contributed by atoms with Crippen LogP contribution in [0.1, 0.15) is 112 Å². The van der Waals surface area contributed by atoms with Crippen LogP contribution in [0.3, 0.4) is 0 Å². The summed E-state index contributed by atoms with van der Waals surface area (Å²) in [5.41, 5.74) is -0.00611. The van der Waals surface area contributed by atoms with Crippen molar-refractivity contribution in [3.05, 3.63) is 0 Å². The summed E-state index contributed by atoms with van der Waals surface area (Å²) in [5, 5.41) is 0. The fraction of sp³-hybridized carbons (Fsp3) is 0.958. The minimum atomic E-state index is -0.342. The number of hydrogen-bond acceptors (Lipinski definition) is 3. The van der Waals surface area contributed by atoms with Crippen LogP contribution >= 0.6 is 0 Å². The summed E-state index contributed by atoms with van der Waals surface area (Å²) in [6.45, 7) is 13.1. The van der Waals surface area contributed by atoms with Crippen LogP contribution in [0.5, 0.6) is 0 Å². The van der Waals surface area contributed by atoms with Gasteiger partial charge in [-0.05, 0) is 42.9 Å². The summed E-state index contributed by atoms with van der Waals surface area (Å²) in [6, 6.07) is 0. The van der Waals surface area contributed by atoms with Crippen LogP contribution in [-0.2, 0) is 14.3 Å². The fourth-order valence-electron chi connectivity index (χ4n) is 4.58. The highest BCUT2D eigenvalue weighted by atomic mass is 16.7. The van der Waals surface area contributed by atoms with Gasteiger partial charge in [-0.1, -0.05) is 80.1 Å². The molecule has 2 atom stereocenters. The Labute approximate surface area is 168 Å². The Morgan fingerprint density at radius 3 is 1.85 bits per heavy atom. The van der Waals surface area contributed by atoms with Crippen molar-refractivity contribution < 1.29 is 14.3 Å². The lowest BCUT2D eigenvalue weighted by molar-refractivity contribution is -0.218. The first-order valence-corrected chi connectivity index (χ1v) is 11.4. The average molecular weight is 381 g/mol. The molecule has 0 radical (unpaired) electrons. The first-order chi connectivity index (χ1) is 12.6. The molecule has 2 saturated carbocycles. The lowest BCUT2D eigenvalue weighted by Crippen LogP contribution is -2.40. The topological polar surface area (TPSA) is 35.5 Å². The molecule has 0 bridgehead atoms. The van der Waals surface area contributed by atoms with E-state index < -0.39 is 0 Å². The summed E-state index contributed by atoms with van der Waals surface area (Å²) in [5.74, 6) is 0.224. The van der Waals surface area contributed by atoms with Gasteiger partial charge in [-0.15, -0.1) is 0 Å². The van der Waals surface area contributed by atoms with Crippen molar-refractivity contribution in [1.29, 1.82) is 0 Å². The Hall–Kier alpha value is -0.570. The van der Waals surface area contributed by atoms with E-state index in [2.05, 4.69) is 41.5 Å². The Morgan fingerprint density at radius 1 is 0.852 bits per heavy atom. The molecule has 0 aromatic rings. The zero-order valence-corrected chi connectivity index (χ0v) is 18.8. The van der Waals surface area contributed by atoms with Crippen LogP contribution in [-0.4, -0.2) is 18.4 Å². The van der Waals surface area contributed by atoms with Gasteiger partial charge in [-0.25, -0.2) is 0 Å². The molecule has 0 aromatic carbocycles. The number of rotatable bonds is 6. The lowest BCUT2D eigenvalue weighted by Gasteiger charge is -2.38. The normalized spacial score (nSPS) is 23.0. The SMILES string of the molecule is CC(C)(C)CC(C(=O)OC(OC1CCCCC1)C1CCCCC1)C(C)(C)C. The maximum atomic E-state index is 13.3. The van der Waals surface area contributed by atoms with Gasteiger partial charge < -0.3 is 9.47 Å². The quantitative estimate of drug-likeness (QED) is 0.372. The van der Waals surface area contributed by atoms with Crippen LogP contribution in [0.15, 0.2) is 0 Å². The maximum absolute atomic E-state index is 13.3. The van der Waals surface area contributed by atoms with Crippen LogP contribution in [0.2, 0.25) is 0 Å². The van der Waals surface area contributed by atoms with Gasteiger partial charge in [0.2, 0.25) is 6.29 Å². The van der Waals surface area contributed by atoms with E-state index in [0.717, 1.165) is 32.1 Å². The Kier molecular flexibility index (Phi) is 8.21. The number of hydrogen-bond donors (Lipinski definition) is 0. The number of carbonyl (C=O) groups is 1. The van der Waals surface area contributed by atoms with Crippen molar-refractivity contribution in [1.82, 2.24) is 0 Å². The van der Waals surface area contributed by atoms with E-state index in [1.807, 2.05) is 0 Å². The molecule has 2 rings (SSSR count). The van der Waals surface area contributed by atoms with Crippen molar-refractivity contribution in [3.63, 3.8) is 0 Å². The second-order valence-electron chi connectivity index (χ2n) is 11.3. The van der Waals surface area contributed by atoms with Crippen molar-refractivity contribution in [2.75, 3.05) is 0 Å². The average Bonchev–Trinajstić information content (AvgIpc) is 2.59. The van der Waals surface area contributed by atoms with E-state index in [4.69, 9.17) is 9.47 Å². The first kappa shape index (κ1) is 22.7. The summed E-state index contributed by atoms with van der Waals surface area (Å²) in [7, 11) is 0. The molecule has 0 heterocycles. The highest BCUT2D eigenvalue weighted by Crippen LogP contribution is 2.38. The molecular formula is C24H44O3. The first-order valence-electron chi connectivity index (χ1n) is 11.4. The van der Waals surface area contributed by atoms with E-state index in [0.29, 0.717) is 5.92 Å². The molecule has 2 fully saturated rings. The van der Waals surface area contributed by atoms with Gasteiger partial charge in [-0.2, -0.15) is 0 Å². The van der Waals surface area contributed by atoms with Gasteiger partial charge in [-0.3, -0.25) is 4.79 Å². The molecular weight excluding hydrogens is 336 g/mol. The molecule has 158 valence electrons. The number of carbonyl (C=O) groups excluding carboxylic acids is 1. The van der Waals surface area contributed by atoms with E-state index in [1.54, 1.807) is 0 Å². The standard InChI is InChI=1S/C24H44O3/c1-23(2,3)17-20(24(4,5)6)21(25)27-22(18-13-9-7-10-14-18)26-19-15-11-8-12-16-19/h18-20,22H,7-17H2,1-6H3. The predicted octanol–water partition coefficient (Wildman–Crippen LogP) is 6.88. The van der Waals surface area contributed by atoms with Crippen LogP contribution in [0.4, 0.5) is 0 Å².